The topological polar surface area (TPSA) is 112 Å². The zero-order valence-corrected chi connectivity index (χ0v) is 11.7. The third-order valence-electron chi connectivity index (χ3n) is 3.09. The molecule has 124 valence electrons. The highest BCUT2D eigenvalue weighted by atomic mass is 19.4. The summed E-state index contributed by atoms with van der Waals surface area (Å²) >= 11 is 0. The number of rotatable bonds is 5. The molecular formula is C12H15F3N2O5. The lowest BCUT2D eigenvalue weighted by Gasteiger charge is -2.22. The minimum atomic E-state index is -5.07. The number of halogens is 3. The van der Waals surface area contributed by atoms with Crippen LogP contribution in [-0.4, -0.2) is 38.1 Å². The van der Waals surface area contributed by atoms with E-state index < -0.39 is 41.2 Å². The zero-order chi connectivity index (χ0) is 17.2. The van der Waals surface area contributed by atoms with Crippen molar-refractivity contribution in [3.8, 4) is 5.75 Å². The van der Waals surface area contributed by atoms with Gasteiger partial charge >= 0.3 is 12.1 Å². The van der Waals surface area contributed by atoms with Gasteiger partial charge in [0.05, 0.1) is 0 Å². The smallest absolute Gasteiger partial charge is 0.420 e. The number of aliphatic hydroxyl groups is 1. The molecule has 0 saturated heterocycles. The van der Waals surface area contributed by atoms with Gasteiger partial charge in [0.2, 0.25) is 5.43 Å². The predicted octanol–water partition coefficient (Wildman–Crippen LogP) is 0.249. The quantitative estimate of drug-likeness (QED) is 0.618. The van der Waals surface area contributed by atoms with Crippen LogP contribution in [0.3, 0.4) is 0 Å². The summed E-state index contributed by atoms with van der Waals surface area (Å²) in [4.78, 5) is 22.2. The lowest BCUT2D eigenvalue weighted by atomic mass is 10.1. The molecule has 1 aromatic rings. The van der Waals surface area contributed by atoms with Gasteiger partial charge in [-0.25, -0.2) is 0 Å². The van der Waals surface area contributed by atoms with Crippen molar-refractivity contribution in [1.82, 2.24) is 9.88 Å². The summed E-state index contributed by atoms with van der Waals surface area (Å²) in [6, 6.07) is -0.136. The minimum absolute atomic E-state index is 0.0193. The van der Waals surface area contributed by atoms with E-state index in [1.165, 1.54) is 6.92 Å². The summed E-state index contributed by atoms with van der Waals surface area (Å²) in [5.74, 6) is -2.39. The Bertz CT molecular complexity index is 626. The largest absolute Gasteiger partial charge is 0.503 e. The van der Waals surface area contributed by atoms with Crippen LogP contribution >= 0.6 is 0 Å². The van der Waals surface area contributed by atoms with E-state index in [1.54, 1.807) is 0 Å². The number of nitrogens with one attached hydrogen (secondary N) is 1. The monoisotopic (exact) mass is 324 g/mol. The van der Waals surface area contributed by atoms with E-state index in [4.69, 9.17) is 5.11 Å². The molecule has 1 aromatic heterocycles. The molecule has 1 rings (SSSR count). The van der Waals surface area contributed by atoms with E-state index in [2.05, 4.69) is 5.32 Å². The number of carboxylic acid groups (broad SMARTS) is 1. The van der Waals surface area contributed by atoms with E-state index in [9.17, 15) is 33.0 Å². The maximum absolute atomic E-state index is 12.6. The predicted molar refractivity (Wildman–Crippen MR) is 68.3 cm³/mol. The average Bonchev–Trinajstić information content (AvgIpc) is 2.39. The molecule has 0 bridgehead atoms. The number of hydrogen-bond donors (Lipinski definition) is 4. The molecule has 4 N–H and O–H groups in total. The second-order valence-corrected chi connectivity index (χ2v) is 4.68. The molecule has 0 radical (unpaired) electrons. The first-order chi connectivity index (χ1) is 9.96. The molecule has 0 amide bonds. The van der Waals surface area contributed by atoms with Crippen molar-refractivity contribution >= 4 is 5.97 Å². The maximum Gasteiger partial charge on any atom is 0.420 e. The van der Waals surface area contributed by atoms with Crippen LogP contribution in [0.4, 0.5) is 13.2 Å². The van der Waals surface area contributed by atoms with Gasteiger partial charge < -0.3 is 19.9 Å². The van der Waals surface area contributed by atoms with Crippen molar-refractivity contribution in [3.63, 3.8) is 0 Å². The molecule has 7 nitrogen and oxygen atoms in total. The summed E-state index contributed by atoms with van der Waals surface area (Å²) in [6.45, 7) is 1.07. The minimum Gasteiger partial charge on any atom is -0.503 e. The van der Waals surface area contributed by atoms with Crippen LogP contribution in [0.5, 0.6) is 5.75 Å². The van der Waals surface area contributed by atoms with Gasteiger partial charge in [-0.2, -0.15) is 13.2 Å². The van der Waals surface area contributed by atoms with E-state index in [0.29, 0.717) is 0 Å². The molecule has 0 fully saturated rings. The first-order valence-electron chi connectivity index (χ1n) is 6.09. The van der Waals surface area contributed by atoms with Crippen molar-refractivity contribution in [3.05, 3.63) is 27.7 Å². The first kappa shape index (κ1) is 18.0. The molecule has 22 heavy (non-hydrogen) atoms. The van der Waals surface area contributed by atoms with E-state index >= 15 is 0 Å². The standard InChI is InChI=1S/C12H15F3N2O5/c1-5(11(21)22)16-4-6-3-7(18)9(19)8(17(6)2)10(20)12(13,14)15/h3,5,10,16,19-20H,4H2,1-2H3,(H,21,22)/t5-,10?/m0/s1. The summed E-state index contributed by atoms with van der Waals surface area (Å²) in [5.41, 5.74) is -2.12. The Morgan fingerprint density at radius 2 is 2.00 bits per heavy atom. The van der Waals surface area contributed by atoms with E-state index in [0.717, 1.165) is 17.7 Å². The second-order valence-electron chi connectivity index (χ2n) is 4.68. The summed E-state index contributed by atoms with van der Waals surface area (Å²) in [6.07, 6.45) is -8.11. The summed E-state index contributed by atoms with van der Waals surface area (Å²) < 4.78 is 38.6. The van der Waals surface area contributed by atoms with Gasteiger partial charge in [0.25, 0.3) is 0 Å². The molecule has 1 heterocycles. The van der Waals surface area contributed by atoms with Crippen LogP contribution in [0.1, 0.15) is 24.4 Å². The van der Waals surface area contributed by atoms with Gasteiger partial charge in [-0.15, -0.1) is 0 Å². The van der Waals surface area contributed by atoms with Gasteiger partial charge in [0.15, 0.2) is 11.9 Å². The Kier molecular flexibility index (Phi) is 5.20. The molecular weight excluding hydrogens is 309 g/mol. The molecule has 0 aliphatic rings. The Morgan fingerprint density at radius 3 is 2.45 bits per heavy atom. The Balaban J connectivity index is 3.25. The van der Waals surface area contributed by atoms with Crippen molar-refractivity contribution in [1.29, 1.82) is 0 Å². The number of carboxylic acids is 1. The molecule has 2 atom stereocenters. The number of pyridine rings is 1. The lowest BCUT2D eigenvalue weighted by molar-refractivity contribution is -0.209. The molecule has 1 unspecified atom stereocenters. The Morgan fingerprint density at radius 1 is 1.45 bits per heavy atom. The number of alkyl halides is 3. The van der Waals surface area contributed by atoms with Crippen LogP contribution in [0.2, 0.25) is 0 Å². The zero-order valence-electron chi connectivity index (χ0n) is 11.7. The van der Waals surface area contributed by atoms with E-state index in [-0.39, 0.29) is 12.2 Å². The van der Waals surface area contributed by atoms with Crippen LogP contribution in [0.15, 0.2) is 10.9 Å². The van der Waals surface area contributed by atoms with Gasteiger partial charge in [0, 0.05) is 25.4 Å². The number of aliphatic carboxylic acids is 1. The third kappa shape index (κ3) is 3.77. The number of aliphatic hydroxyl groups excluding tert-OH is 1. The number of hydrogen-bond acceptors (Lipinski definition) is 5. The molecule has 0 aromatic carbocycles. The normalized spacial score (nSPS) is 14.6. The summed E-state index contributed by atoms with van der Waals surface area (Å²) in [7, 11) is 1.12. The number of carbonyl (C=O) groups is 1. The Hall–Kier alpha value is -2.07. The maximum atomic E-state index is 12.6. The van der Waals surface area contributed by atoms with Gasteiger partial charge in [-0.05, 0) is 6.92 Å². The van der Waals surface area contributed by atoms with Crippen molar-refractivity contribution in [2.24, 2.45) is 7.05 Å². The molecule has 0 saturated carbocycles. The van der Waals surface area contributed by atoms with Gasteiger partial charge in [-0.1, -0.05) is 0 Å². The molecule has 0 aliphatic carbocycles. The average molecular weight is 324 g/mol. The van der Waals surface area contributed by atoms with Crippen LogP contribution in [0.25, 0.3) is 0 Å². The van der Waals surface area contributed by atoms with Gasteiger partial charge in [-0.3, -0.25) is 14.9 Å². The third-order valence-corrected chi connectivity index (χ3v) is 3.09. The second kappa shape index (κ2) is 6.36. The lowest BCUT2D eigenvalue weighted by Crippen LogP contribution is -2.35. The highest BCUT2D eigenvalue weighted by molar-refractivity contribution is 5.72. The number of aromatic nitrogens is 1. The number of nitrogens with zero attached hydrogens (tertiary/aromatic N) is 1. The fraction of sp³-hybridized carbons (Fsp3) is 0.500. The molecule has 10 heteroatoms. The van der Waals surface area contributed by atoms with Crippen molar-refractivity contribution in [2.75, 3.05) is 0 Å². The highest BCUT2D eigenvalue weighted by Crippen LogP contribution is 2.35. The van der Waals surface area contributed by atoms with Crippen molar-refractivity contribution < 1.29 is 33.3 Å². The van der Waals surface area contributed by atoms with E-state index in [1.807, 2.05) is 0 Å². The highest BCUT2D eigenvalue weighted by Gasteiger charge is 2.42. The fourth-order valence-corrected chi connectivity index (χ4v) is 1.74. The van der Waals surface area contributed by atoms with Crippen LogP contribution < -0.4 is 10.7 Å². The SMILES string of the molecule is C[C@H](NCc1cc(=O)c(O)c(C(O)C(F)(F)F)n1C)C(=O)O. The number of aromatic hydroxyl groups is 1. The molecule has 0 spiro atoms. The molecule has 0 aliphatic heterocycles. The van der Waals surface area contributed by atoms with Gasteiger partial charge in [0.1, 0.15) is 11.7 Å². The Labute approximate surface area is 122 Å². The first-order valence-corrected chi connectivity index (χ1v) is 6.09. The summed E-state index contributed by atoms with van der Waals surface area (Å²) in [5, 5.41) is 30.0. The van der Waals surface area contributed by atoms with Crippen LogP contribution in [-0.2, 0) is 18.4 Å². The van der Waals surface area contributed by atoms with Crippen LogP contribution in [0, 0.1) is 0 Å². The van der Waals surface area contributed by atoms with Crippen molar-refractivity contribution in [2.45, 2.75) is 31.8 Å². The fourth-order valence-electron chi connectivity index (χ4n) is 1.74.